The summed E-state index contributed by atoms with van der Waals surface area (Å²) in [6, 6.07) is 11.6. The largest absolute Gasteiger partial charge is 0.382 e. The van der Waals surface area contributed by atoms with Crippen LogP contribution in [0.2, 0.25) is 0 Å². The number of aliphatic hydroxyl groups is 1. The van der Waals surface area contributed by atoms with E-state index in [0.717, 1.165) is 28.9 Å². The maximum atomic E-state index is 14.6. The lowest BCUT2D eigenvalue weighted by Gasteiger charge is -2.35. The molecule has 1 aliphatic rings. The van der Waals surface area contributed by atoms with Crippen molar-refractivity contribution < 1.29 is 13.9 Å². The Hall–Kier alpha value is -2.16. The Kier molecular flexibility index (Phi) is 5.76. The van der Waals surface area contributed by atoms with Crippen LogP contribution in [0.1, 0.15) is 24.0 Å². The molecule has 1 unspecified atom stereocenters. The van der Waals surface area contributed by atoms with Crippen molar-refractivity contribution in [3.63, 3.8) is 0 Å². The summed E-state index contributed by atoms with van der Waals surface area (Å²) in [4.78, 5) is 6.06. The molecule has 0 radical (unpaired) electrons. The Labute approximate surface area is 176 Å². The summed E-state index contributed by atoms with van der Waals surface area (Å²) in [6.07, 6.45) is 4.90. The predicted molar refractivity (Wildman–Crippen MR) is 108 cm³/mol. The van der Waals surface area contributed by atoms with Crippen LogP contribution < -0.4 is 0 Å². The molecule has 1 aromatic heterocycles. The molecule has 1 aliphatic carbocycles. The van der Waals surface area contributed by atoms with Crippen LogP contribution in [0.3, 0.4) is 0 Å². The van der Waals surface area contributed by atoms with E-state index in [9.17, 15) is 13.9 Å². The van der Waals surface area contributed by atoms with Crippen LogP contribution in [0, 0.1) is 11.6 Å². The van der Waals surface area contributed by atoms with Crippen LogP contribution in [-0.4, -0.2) is 37.4 Å². The van der Waals surface area contributed by atoms with Crippen molar-refractivity contribution >= 4 is 15.9 Å². The second-order valence-corrected chi connectivity index (χ2v) is 8.43. The molecule has 0 saturated heterocycles. The van der Waals surface area contributed by atoms with Gasteiger partial charge in [0.1, 0.15) is 29.9 Å². The van der Waals surface area contributed by atoms with E-state index in [-0.39, 0.29) is 18.7 Å². The standard InChI is InChI=1S/C21H21BrF2N4O/c22-16-3-1-15(2-4-16)10-27(18-6-7-18)11-21(29,12-28-14-25-13-26-28)19-8-5-17(23)9-20(19)24/h1-5,8-9,13-14,18,29H,6-7,10-12H2. The molecule has 0 aliphatic heterocycles. The van der Waals surface area contributed by atoms with Gasteiger partial charge in [0.25, 0.3) is 0 Å². The summed E-state index contributed by atoms with van der Waals surface area (Å²) in [5, 5.41) is 15.7. The topological polar surface area (TPSA) is 54.2 Å². The summed E-state index contributed by atoms with van der Waals surface area (Å²) >= 11 is 3.44. The van der Waals surface area contributed by atoms with Gasteiger partial charge in [0, 0.05) is 35.2 Å². The van der Waals surface area contributed by atoms with Gasteiger partial charge in [-0.3, -0.25) is 4.90 Å². The van der Waals surface area contributed by atoms with Gasteiger partial charge in [-0.1, -0.05) is 34.1 Å². The van der Waals surface area contributed by atoms with E-state index < -0.39 is 17.2 Å². The molecule has 152 valence electrons. The summed E-state index contributed by atoms with van der Waals surface area (Å²) in [7, 11) is 0. The van der Waals surface area contributed by atoms with Crippen molar-refractivity contribution in [2.75, 3.05) is 6.54 Å². The molecule has 5 nitrogen and oxygen atoms in total. The van der Waals surface area contributed by atoms with Crippen LogP contribution in [0.25, 0.3) is 0 Å². The third-order valence-corrected chi connectivity index (χ3v) is 5.68. The fraction of sp³-hybridized carbons (Fsp3) is 0.333. The number of hydrogen-bond acceptors (Lipinski definition) is 4. The van der Waals surface area contributed by atoms with E-state index in [1.54, 1.807) is 0 Å². The maximum Gasteiger partial charge on any atom is 0.137 e. The van der Waals surface area contributed by atoms with Gasteiger partial charge >= 0.3 is 0 Å². The maximum absolute atomic E-state index is 14.6. The average Bonchev–Trinajstić information content (AvgIpc) is 3.41. The van der Waals surface area contributed by atoms with E-state index in [1.165, 1.54) is 29.5 Å². The molecule has 0 bridgehead atoms. The van der Waals surface area contributed by atoms with Crippen molar-refractivity contribution in [3.05, 3.63) is 82.4 Å². The van der Waals surface area contributed by atoms with Gasteiger partial charge in [-0.25, -0.2) is 18.4 Å². The van der Waals surface area contributed by atoms with Crippen LogP contribution in [0.5, 0.6) is 0 Å². The second-order valence-electron chi connectivity index (χ2n) is 7.51. The van der Waals surface area contributed by atoms with Crippen molar-refractivity contribution in [1.82, 2.24) is 19.7 Å². The van der Waals surface area contributed by atoms with E-state index in [1.807, 2.05) is 24.3 Å². The smallest absolute Gasteiger partial charge is 0.137 e. The molecule has 29 heavy (non-hydrogen) atoms. The lowest BCUT2D eigenvalue weighted by molar-refractivity contribution is -0.0259. The van der Waals surface area contributed by atoms with Crippen LogP contribution in [0.4, 0.5) is 8.78 Å². The zero-order valence-corrected chi connectivity index (χ0v) is 17.3. The Balaban J connectivity index is 1.64. The molecule has 8 heteroatoms. The first-order chi connectivity index (χ1) is 13.9. The SMILES string of the molecule is OC(CN(Cc1ccc(Br)cc1)C1CC1)(Cn1cncn1)c1ccc(F)cc1F. The minimum Gasteiger partial charge on any atom is -0.382 e. The summed E-state index contributed by atoms with van der Waals surface area (Å²) in [6.45, 7) is 0.829. The highest BCUT2D eigenvalue weighted by Gasteiger charge is 2.39. The van der Waals surface area contributed by atoms with Crippen molar-refractivity contribution in [2.24, 2.45) is 0 Å². The minimum atomic E-state index is -1.59. The zero-order valence-electron chi connectivity index (χ0n) is 15.7. The monoisotopic (exact) mass is 462 g/mol. The van der Waals surface area contributed by atoms with E-state index in [0.29, 0.717) is 12.6 Å². The molecular formula is C21H21BrF2N4O. The van der Waals surface area contributed by atoms with Gasteiger partial charge in [0.05, 0.1) is 6.54 Å². The second kappa shape index (κ2) is 8.30. The van der Waals surface area contributed by atoms with Crippen LogP contribution >= 0.6 is 15.9 Å². The molecular weight excluding hydrogens is 442 g/mol. The summed E-state index contributed by atoms with van der Waals surface area (Å²) < 4.78 is 30.6. The molecule has 1 saturated carbocycles. The van der Waals surface area contributed by atoms with Crippen molar-refractivity contribution in [1.29, 1.82) is 0 Å². The Morgan fingerprint density at radius 1 is 1.17 bits per heavy atom. The van der Waals surface area contributed by atoms with Crippen LogP contribution in [-0.2, 0) is 18.7 Å². The first-order valence-electron chi connectivity index (χ1n) is 9.42. The van der Waals surface area contributed by atoms with Gasteiger partial charge in [-0.05, 0) is 36.6 Å². The molecule has 1 N–H and O–H groups in total. The van der Waals surface area contributed by atoms with Crippen molar-refractivity contribution in [3.8, 4) is 0 Å². The van der Waals surface area contributed by atoms with Gasteiger partial charge in [-0.2, -0.15) is 5.10 Å². The quantitative estimate of drug-likeness (QED) is 0.551. The lowest BCUT2D eigenvalue weighted by Crippen LogP contribution is -2.45. The highest BCUT2D eigenvalue weighted by atomic mass is 79.9. The summed E-state index contributed by atoms with van der Waals surface area (Å²) in [5.41, 5.74) is -0.442. The predicted octanol–water partition coefficient (Wildman–Crippen LogP) is 3.87. The number of hydrogen-bond donors (Lipinski definition) is 1. The van der Waals surface area contributed by atoms with Gasteiger partial charge in [0.2, 0.25) is 0 Å². The Morgan fingerprint density at radius 3 is 2.55 bits per heavy atom. The van der Waals surface area contributed by atoms with Crippen LogP contribution in [0.15, 0.2) is 59.6 Å². The molecule has 2 aromatic carbocycles. The van der Waals surface area contributed by atoms with Gasteiger partial charge in [0.15, 0.2) is 0 Å². The Bertz CT molecular complexity index is 963. The number of nitrogens with zero attached hydrogens (tertiary/aromatic N) is 4. The molecule has 1 atom stereocenters. The highest BCUT2D eigenvalue weighted by molar-refractivity contribution is 9.10. The normalized spacial score (nSPS) is 16.2. The van der Waals surface area contributed by atoms with Crippen molar-refractivity contribution in [2.45, 2.75) is 37.6 Å². The Morgan fingerprint density at radius 2 is 1.93 bits per heavy atom. The average molecular weight is 463 g/mol. The number of aromatic nitrogens is 3. The first kappa shape index (κ1) is 20.1. The molecule has 1 heterocycles. The number of halogens is 3. The molecule has 0 spiro atoms. The molecule has 0 amide bonds. The number of benzene rings is 2. The fourth-order valence-corrected chi connectivity index (χ4v) is 3.85. The number of rotatable bonds is 8. The first-order valence-corrected chi connectivity index (χ1v) is 10.2. The highest BCUT2D eigenvalue weighted by Crippen LogP contribution is 2.34. The third kappa shape index (κ3) is 4.88. The summed E-state index contributed by atoms with van der Waals surface area (Å²) in [5.74, 6) is -1.45. The lowest BCUT2D eigenvalue weighted by atomic mass is 9.92. The zero-order chi connectivity index (χ0) is 20.4. The van der Waals surface area contributed by atoms with E-state index in [4.69, 9.17) is 0 Å². The van der Waals surface area contributed by atoms with Gasteiger partial charge in [-0.15, -0.1) is 0 Å². The van der Waals surface area contributed by atoms with Gasteiger partial charge < -0.3 is 5.11 Å². The van der Waals surface area contributed by atoms with E-state index >= 15 is 0 Å². The third-order valence-electron chi connectivity index (χ3n) is 5.15. The van der Waals surface area contributed by atoms with E-state index in [2.05, 4.69) is 30.9 Å². The molecule has 3 aromatic rings. The minimum absolute atomic E-state index is 0.0130. The molecule has 4 rings (SSSR count). The fourth-order valence-electron chi connectivity index (χ4n) is 3.58. The molecule has 1 fully saturated rings.